The molecule has 1 aliphatic heterocycles. The number of hydrogen-bond acceptors (Lipinski definition) is 8. The molecule has 1 fully saturated rings. The van der Waals surface area contributed by atoms with Crippen LogP contribution in [0.1, 0.15) is 34.1 Å². The molecule has 162 valence electrons. The summed E-state index contributed by atoms with van der Waals surface area (Å²) in [5.74, 6) is 0.662. The lowest BCUT2D eigenvalue weighted by Gasteiger charge is -2.33. The Kier molecular flexibility index (Phi) is 5.74. The number of carbonyl (C=O) groups excluding carboxylic acids is 1. The molecule has 1 saturated heterocycles. The molecule has 0 spiro atoms. The van der Waals surface area contributed by atoms with Crippen LogP contribution in [0, 0.1) is 0 Å². The van der Waals surface area contributed by atoms with Gasteiger partial charge in [-0.1, -0.05) is 30.4 Å². The number of aryl methyl sites for hydroxylation is 1. The van der Waals surface area contributed by atoms with E-state index in [0.29, 0.717) is 36.2 Å². The highest BCUT2D eigenvalue weighted by Gasteiger charge is 2.27. The summed E-state index contributed by atoms with van der Waals surface area (Å²) in [7, 11) is 0. The molecule has 1 aliphatic rings. The van der Waals surface area contributed by atoms with Gasteiger partial charge in [-0.15, -0.1) is 10.2 Å². The molecule has 5 rings (SSSR count). The lowest BCUT2D eigenvalue weighted by molar-refractivity contribution is -0.0246. The first kappa shape index (κ1) is 20.5. The molecule has 1 amide bonds. The van der Waals surface area contributed by atoms with Crippen molar-refractivity contribution in [1.29, 1.82) is 0 Å². The Labute approximate surface area is 189 Å². The van der Waals surface area contributed by atoms with Crippen LogP contribution in [0.3, 0.4) is 0 Å². The standard InChI is InChI=1S/C23H22N6O2S/c1-2-21-27-28-23(32-21)26-20-7-3-6-18(25-20)19-14-29(11-12-31-19)22(30)16-8-9-17-15(13-16)5-4-10-24-17/h3-10,13,19H,2,11-12,14H2,1H3,(H,25,26,28). The molecule has 0 saturated carbocycles. The maximum absolute atomic E-state index is 13.2. The number of hydrogen-bond donors (Lipinski definition) is 1. The molecule has 0 radical (unpaired) electrons. The van der Waals surface area contributed by atoms with E-state index < -0.39 is 0 Å². The van der Waals surface area contributed by atoms with Gasteiger partial charge in [-0.25, -0.2) is 4.98 Å². The van der Waals surface area contributed by atoms with Crippen LogP contribution in [0.2, 0.25) is 0 Å². The Hall–Kier alpha value is -3.43. The zero-order valence-corrected chi connectivity index (χ0v) is 18.4. The third kappa shape index (κ3) is 4.30. The van der Waals surface area contributed by atoms with Crippen LogP contribution in [-0.4, -0.2) is 50.7 Å². The molecular formula is C23H22N6O2S. The van der Waals surface area contributed by atoms with Gasteiger partial charge in [0.25, 0.3) is 5.91 Å². The van der Waals surface area contributed by atoms with Gasteiger partial charge in [0.1, 0.15) is 16.9 Å². The summed E-state index contributed by atoms with van der Waals surface area (Å²) < 4.78 is 5.96. The number of morpholine rings is 1. The third-order valence-electron chi connectivity index (χ3n) is 5.31. The number of fused-ring (bicyclic) bond motifs is 1. The van der Waals surface area contributed by atoms with Crippen molar-refractivity contribution in [2.24, 2.45) is 0 Å². The van der Waals surface area contributed by atoms with Gasteiger partial charge in [0, 0.05) is 23.7 Å². The largest absolute Gasteiger partial charge is 0.368 e. The molecule has 32 heavy (non-hydrogen) atoms. The highest BCUT2D eigenvalue weighted by atomic mass is 32.1. The van der Waals surface area contributed by atoms with Gasteiger partial charge in [-0.3, -0.25) is 9.78 Å². The summed E-state index contributed by atoms with van der Waals surface area (Å²) in [5, 5.41) is 14.1. The van der Waals surface area contributed by atoms with Crippen LogP contribution in [0.4, 0.5) is 10.9 Å². The minimum absolute atomic E-state index is 0.0145. The zero-order chi connectivity index (χ0) is 21.9. The number of aromatic nitrogens is 4. The fraction of sp³-hybridized carbons (Fsp3) is 0.261. The number of nitrogens with one attached hydrogen (secondary N) is 1. The first-order valence-electron chi connectivity index (χ1n) is 10.5. The van der Waals surface area contributed by atoms with E-state index >= 15 is 0 Å². The van der Waals surface area contributed by atoms with E-state index in [0.717, 1.165) is 28.0 Å². The second kappa shape index (κ2) is 8.97. The Morgan fingerprint density at radius 1 is 1.22 bits per heavy atom. The molecule has 1 aromatic carbocycles. The van der Waals surface area contributed by atoms with Gasteiger partial charge in [0.15, 0.2) is 0 Å². The van der Waals surface area contributed by atoms with Crippen molar-refractivity contribution in [3.63, 3.8) is 0 Å². The molecular weight excluding hydrogens is 424 g/mol. The summed E-state index contributed by atoms with van der Waals surface area (Å²) in [4.78, 5) is 24.0. The van der Waals surface area contributed by atoms with E-state index in [1.807, 2.05) is 60.4 Å². The summed E-state index contributed by atoms with van der Waals surface area (Å²) in [6, 6.07) is 15.2. The van der Waals surface area contributed by atoms with Crippen molar-refractivity contribution in [3.05, 3.63) is 71.0 Å². The lowest BCUT2D eigenvalue weighted by atomic mass is 10.1. The van der Waals surface area contributed by atoms with E-state index in [1.54, 1.807) is 6.20 Å². The topological polar surface area (TPSA) is 93.1 Å². The minimum Gasteiger partial charge on any atom is -0.368 e. The van der Waals surface area contributed by atoms with Gasteiger partial charge >= 0.3 is 0 Å². The van der Waals surface area contributed by atoms with E-state index in [1.165, 1.54) is 11.3 Å². The molecule has 3 aromatic heterocycles. The maximum Gasteiger partial charge on any atom is 0.254 e. The first-order chi connectivity index (χ1) is 15.7. The highest BCUT2D eigenvalue weighted by molar-refractivity contribution is 7.15. The Bertz CT molecular complexity index is 1260. The van der Waals surface area contributed by atoms with Crippen molar-refractivity contribution >= 4 is 39.1 Å². The van der Waals surface area contributed by atoms with E-state index in [-0.39, 0.29) is 12.0 Å². The van der Waals surface area contributed by atoms with E-state index in [2.05, 4.69) is 20.5 Å². The molecule has 8 nitrogen and oxygen atoms in total. The molecule has 1 unspecified atom stereocenters. The SMILES string of the molecule is CCc1nnc(Nc2cccc(C3CN(C(=O)c4ccc5ncccc5c4)CCO3)n2)s1. The number of rotatable bonds is 5. The fourth-order valence-electron chi connectivity index (χ4n) is 3.66. The number of pyridine rings is 2. The average molecular weight is 447 g/mol. The van der Waals surface area contributed by atoms with Gasteiger partial charge < -0.3 is 15.0 Å². The zero-order valence-electron chi connectivity index (χ0n) is 17.6. The lowest BCUT2D eigenvalue weighted by Crippen LogP contribution is -2.42. The molecule has 4 heterocycles. The summed E-state index contributed by atoms with van der Waals surface area (Å²) in [6.45, 7) is 3.49. The Morgan fingerprint density at radius 2 is 2.16 bits per heavy atom. The van der Waals surface area contributed by atoms with Crippen LogP contribution >= 0.6 is 11.3 Å². The van der Waals surface area contributed by atoms with Crippen LogP contribution < -0.4 is 5.32 Å². The van der Waals surface area contributed by atoms with Crippen molar-refractivity contribution in [3.8, 4) is 0 Å². The minimum atomic E-state index is -0.294. The molecule has 4 aromatic rings. The first-order valence-corrected chi connectivity index (χ1v) is 11.3. The predicted molar refractivity (Wildman–Crippen MR) is 123 cm³/mol. The quantitative estimate of drug-likeness (QED) is 0.495. The van der Waals surface area contributed by atoms with Crippen molar-refractivity contribution in [1.82, 2.24) is 25.1 Å². The summed E-state index contributed by atoms with van der Waals surface area (Å²) in [5.41, 5.74) is 2.30. The van der Waals surface area contributed by atoms with Crippen LogP contribution in [0.5, 0.6) is 0 Å². The van der Waals surface area contributed by atoms with Gasteiger partial charge in [0.2, 0.25) is 5.13 Å². The Morgan fingerprint density at radius 3 is 3.03 bits per heavy atom. The fourth-order valence-corrected chi connectivity index (χ4v) is 4.35. The van der Waals surface area contributed by atoms with E-state index in [9.17, 15) is 4.79 Å². The second-order valence-corrected chi connectivity index (χ2v) is 8.51. The van der Waals surface area contributed by atoms with Crippen LogP contribution in [-0.2, 0) is 11.2 Å². The highest BCUT2D eigenvalue weighted by Crippen LogP contribution is 2.25. The average Bonchev–Trinajstić information content (AvgIpc) is 3.31. The number of ether oxygens (including phenoxy) is 1. The molecule has 0 aliphatic carbocycles. The number of amides is 1. The Balaban J connectivity index is 1.31. The number of anilines is 2. The summed E-state index contributed by atoms with van der Waals surface area (Å²) in [6.07, 6.45) is 2.30. The second-order valence-electron chi connectivity index (χ2n) is 7.45. The van der Waals surface area contributed by atoms with E-state index in [4.69, 9.17) is 9.72 Å². The van der Waals surface area contributed by atoms with Gasteiger partial charge in [0.05, 0.1) is 24.4 Å². The normalized spacial score (nSPS) is 16.3. The van der Waals surface area contributed by atoms with Crippen molar-refractivity contribution in [2.45, 2.75) is 19.4 Å². The van der Waals surface area contributed by atoms with Crippen molar-refractivity contribution < 1.29 is 9.53 Å². The molecule has 1 atom stereocenters. The maximum atomic E-state index is 13.2. The van der Waals surface area contributed by atoms with Crippen molar-refractivity contribution in [2.75, 3.05) is 25.0 Å². The molecule has 1 N–H and O–H groups in total. The van der Waals surface area contributed by atoms with Crippen LogP contribution in [0.15, 0.2) is 54.7 Å². The smallest absolute Gasteiger partial charge is 0.254 e. The van der Waals surface area contributed by atoms with Crippen LogP contribution in [0.25, 0.3) is 10.9 Å². The number of nitrogens with zero attached hydrogens (tertiary/aromatic N) is 5. The predicted octanol–water partition coefficient (Wildman–Crippen LogP) is 4.00. The third-order valence-corrected chi connectivity index (χ3v) is 6.29. The summed E-state index contributed by atoms with van der Waals surface area (Å²) >= 11 is 1.51. The number of carbonyl (C=O) groups is 1. The van der Waals surface area contributed by atoms with Gasteiger partial charge in [-0.2, -0.15) is 0 Å². The number of benzene rings is 1. The van der Waals surface area contributed by atoms with Gasteiger partial charge in [-0.05, 0) is 42.8 Å². The monoisotopic (exact) mass is 446 g/mol. The molecule has 9 heteroatoms. The molecule has 0 bridgehead atoms.